The van der Waals surface area contributed by atoms with Crippen molar-refractivity contribution in [3.63, 3.8) is 0 Å². The van der Waals surface area contributed by atoms with E-state index in [0.717, 1.165) is 0 Å². The molecular weight excluding hydrogens is 194 g/mol. The lowest BCUT2D eigenvalue weighted by Gasteiger charge is -1.93. The molecule has 0 amide bonds. The minimum Gasteiger partial charge on any atom is -0.477 e. The molecule has 1 aromatic heterocycles. The summed E-state index contributed by atoms with van der Waals surface area (Å²) in [6, 6.07) is 1.47. The summed E-state index contributed by atoms with van der Waals surface area (Å²) in [7, 11) is 0. The average molecular weight is 200 g/mol. The van der Waals surface area contributed by atoms with Gasteiger partial charge in [0.2, 0.25) is 5.28 Å². The first-order chi connectivity index (χ1) is 6.09. The van der Waals surface area contributed by atoms with Crippen molar-refractivity contribution in [3.05, 3.63) is 17.5 Å². The van der Waals surface area contributed by atoms with E-state index in [9.17, 15) is 4.79 Å². The van der Waals surface area contributed by atoms with E-state index >= 15 is 0 Å². The van der Waals surface area contributed by atoms with Crippen LogP contribution in [-0.4, -0.2) is 26.8 Å². The fraction of sp³-hybridized carbons (Fsp3) is 0.143. The Morgan fingerprint density at radius 1 is 1.69 bits per heavy atom. The number of rotatable bonds is 2. The number of hydrogen-bond donors (Lipinski definition) is 1. The molecule has 0 aliphatic rings. The molecule has 68 valence electrons. The first-order valence-corrected chi connectivity index (χ1v) is 3.74. The summed E-state index contributed by atoms with van der Waals surface area (Å²) in [4.78, 5) is 21.4. The molecule has 5 nitrogen and oxygen atoms in total. The van der Waals surface area contributed by atoms with Crippen LogP contribution in [0.5, 0.6) is 0 Å². The fourth-order valence-electron chi connectivity index (χ4n) is 0.608. The molecule has 0 aromatic carbocycles. The SMILES string of the molecule is CC(=Nc1ccnc(Cl)n1)C(=O)O. The Balaban J connectivity index is 2.97. The largest absolute Gasteiger partial charge is 0.477 e. The van der Waals surface area contributed by atoms with Crippen molar-refractivity contribution in [2.75, 3.05) is 0 Å². The molecule has 1 aromatic rings. The molecule has 0 atom stereocenters. The van der Waals surface area contributed by atoms with Gasteiger partial charge in [0.05, 0.1) is 0 Å². The highest BCUT2D eigenvalue weighted by Gasteiger charge is 2.02. The Kier molecular flexibility index (Phi) is 2.92. The van der Waals surface area contributed by atoms with E-state index in [-0.39, 0.29) is 16.8 Å². The zero-order chi connectivity index (χ0) is 9.84. The van der Waals surface area contributed by atoms with Crippen LogP contribution >= 0.6 is 11.6 Å². The van der Waals surface area contributed by atoms with Gasteiger partial charge in [-0.25, -0.2) is 14.8 Å². The second-order valence-electron chi connectivity index (χ2n) is 2.19. The van der Waals surface area contributed by atoms with Crippen molar-refractivity contribution >= 4 is 29.1 Å². The van der Waals surface area contributed by atoms with Crippen molar-refractivity contribution in [1.29, 1.82) is 0 Å². The van der Waals surface area contributed by atoms with Crippen molar-refractivity contribution in [2.24, 2.45) is 4.99 Å². The Bertz CT molecular complexity index is 365. The lowest BCUT2D eigenvalue weighted by Crippen LogP contribution is -2.07. The van der Waals surface area contributed by atoms with Crippen LogP contribution < -0.4 is 0 Å². The quantitative estimate of drug-likeness (QED) is 0.576. The summed E-state index contributed by atoms with van der Waals surface area (Å²) >= 11 is 5.47. The van der Waals surface area contributed by atoms with Gasteiger partial charge in [0.25, 0.3) is 0 Å². The summed E-state index contributed by atoms with van der Waals surface area (Å²) in [6.45, 7) is 1.37. The number of carboxylic acids is 1. The molecule has 0 bridgehead atoms. The van der Waals surface area contributed by atoms with Gasteiger partial charge in [0.15, 0.2) is 5.82 Å². The third kappa shape index (κ3) is 2.79. The summed E-state index contributed by atoms with van der Waals surface area (Å²) in [5.41, 5.74) is -0.0465. The van der Waals surface area contributed by atoms with Gasteiger partial charge in [-0.15, -0.1) is 0 Å². The Labute approximate surface area is 79.1 Å². The van der Waals surface area contributed by atoms with E-state index in [0.29, 0.717) is 0 Å². The molecule has 0 spiro atoms. The number of aliphatic imine (C=N–C) groups is 1. The molecular formula is C7H6ClN3O2. The summed E-state index contributed by atoms with van der Waals surface area (Å²) in [5, 5.41) is 8.55. The number of carboxylic acid groups (broad SMARTS) is 1. The highest BCUT2D eigenvalue weighted by molar-refractivity contribution is 6.35. The summed E-state index contributed by atoms with van der Waals surface area (Å²) in [6.07, 6.45) is 1.41. The van der Waals surface area contributed by atoms with Crippen LogP contribution in [0.2, 0.25) is 5.28 Å². The zero-order valence-corrected chi connectivity index (χ0v) is 7.49. The third-order valence-electron chi connectivity index (χ3n) is 1.20. The Morgan fingerprint density at radius 2 is 2.38 bits per heavy atom. The molecule has 0 aliphatic heterocycles. The molecule has 0 aliphatic carbocycles. The van der Waals surface area contributed by atoms with Crippen molar-refractivity contribution in [3.8, 4) is 0 Å². The normalized spacial score (nSPS) is 11.4. The Morgan fingerprint density at radius 3 is 2.92 bits per heavy atom. The molecule has 13 heavy (non-hydrogen) atoms. The third-order valence-corrected chi connectivity index (χ3v) is 1.39. The van der Waals surface area contributed by atoms with Crippen LogP contribution in [-0.2, 0) is 4.79 Å². The number of nitrogens with zero attached hydrogens (tertiary/aromatic N) is 3. The number of halogens is 1. The summed E-state index contributed by atoms with van der Waals surface area (Å²) < 4.78 is 0. The first-order valence-electron chi connectivity index (χ1n) is 3.36. The molecule has 1 N–H and O–H groups in total. The average Bonchev–Trinajstić information content (AvgIpc) is 2.04. The van der Waals surface area contributed by atoms with Crippen LogP contribution in [0.4, 0.5) is 5.82 Å². The van der Waals surface area contributed by atoms with E-state index in [1.165, 1.54) is 19.2 Å². The highest BCUT2D eigenvalue weighted by Crippen LogP contribution is 2.09. The minimum absolute atomic E-state index is 0.0411. The van der Waals surface area contributed by atoms with Gasteiger partial charge in [-0.3, -0.25) is 0 Å². The van der Waals surface area contributed by atoms with Gasteiger partial charge in [-0.1, -0.05) is 0 Å². The van der Waals surface area contributed by atoms with E-state index in [4.69, 9.17) is 16.7 Å². The number of carbonyl (C=O) groups is 1. The molecule has 1 heterocycles. The van der Waals surface area contributed by atoms with Gasteiger partial charge in [0, 0.05) is 12.3 Å². The number of hydrogen-bond acceptors (Lipinski definition) is 4. The second kappa shape index (κ2) is 3.95. The highest BCUT2D eigenvalue weighted by atomic mass is 35.5. The van der Waals surface area contributed by atoms with Gasteiger partial charge in [-0.05, 0) is 18.5 Å². The van der Waals surface area contributed by atoms with Crippen molar-refractivity contribution in [2.45, 2.75) is 6.92 Å². The minimum atomic E-state index is -1.09. The van der Waals surface area contributed by atoms with E-state index in [2.05, 4.69) is 15.0 Å². The number of aromatic nitrogens is 2. The van der Waals surface area contributed by atoms with Crippen LogP contribution in [0.1, 0.15) is 6.92 Å². The fourth-order valence-corrected chi connectivity index (χ4v) is 0.751. The van der Waals surface area contributed by atoms with Crippen LogP contribution in [0, 0.1) is 0 Å². The van der Waals surface area contributed by atoms with Crippen LogP contribution in [0.25, 0.3) is 0 Å². The molecule has 0 saturated heterocycles. The second-order valence-corrected chi connectivity index (χ2v) is 2.52. The monoisotopic (exact) mass is 199 g/mol. The lowest BCUT2D eigenvalue weighted by atomic mass is 10.4. The van der Waals surface area contributed by atoms with Crippen LogP contribution in [0.15, 0.2) is 17.3 Å². The maximum atomic E-state index is 10.4. The molecule has 0 saturated carbocycles. The number of aliphatic carboxylic acids is 1. The van der Waals surface area contributed by atoms with Gasteiger partial charge in [-0.2, -0.15) is 4.98 Å². The summed E-state index contributed by atoms with van der Waals surface area (Å²) in [5.74, 6) is -0.852. The maximum Gasteiger partial charge on any atom is 0.350 e. The van der Waals surface area contributed by atoms with Gasteiger partial charge < -0.3 is 5.11 Å². The molecule has 0 unspecified atom stereocenters. The van der Waals surface area contributed by atoms with Crippen molar-refractivity contribution < 1.29 is 9.90 Å². The predicted molar refractivity (Wildman–Crippen MR) is 47.4 cm³/mol. The van der Waals surface area contributed by atoms with E-state index < -0.39 is 5.97 Å². The molecule has 0 radical (unpaired) electrons. The van der Waals surface area contributed by atoms with Crippen LogP contribution in [0.3, 0.4) is 0 Å². The molecule has 1 rings (SSSR count). The van der Waals surface area contributed by atoms with E-state index in [1.54, 1.807) is 0 Å². The topological polar surface area (TPSA) is 75.4 Å². The Hall–Kier alpha value is -1.49. The first kappa shape index (κ1) is 9.60. The lowest BCUT2D eigenvalue weighted by molar-refractivity contribution is -0.129. The zero-order valence-electron chi connectivity index (χ0n) is 6.73. The predicted octanol–water partition coefficient (Wildman–Crippen LogP) is 1.31. The standard InChI is InChI=1S/C7H6ClN3O2/c1-4(6(12)13)10-5-2-3-9-7(8)11-5/h2-3H,1H3,(H,12,13). The smallest absolute Gasteiger partial charge is 0.350 e. The maximum absolute atomic E-state index is 10.4. The molecule has 6 heteroatoms. The van der Waals surface area contributed by atoms with E-state index in [1.807, 2.05) is 0 Å². The van der Waals surface area contributed by atoms with Gasteiger partial charge >= 0.3 is 5.97 Å². The van der Waals surface area contributed by atoms with Crippen molar-refractivity contribution in [1.82, 2.24) is 9.97 Å². The molecule has 0 fully saturated rings. The van der Waals surface area contributed by atoms with Gasteiger partial charge in [0.1, 0.15) is 5.71 Å².